The summed E-state index contributed by atoms with van der Waals surface area (Å²) in [5.41, 5.74) is 0.945. The fraction of sp³-hybridized carbons (Fsp3) is 0.636. The Balaban J connectivity index is 0.00000341. The van der Waals surface area contributed by atoms with Crippen molar-refractivity contribution in [3.8, 4) is 0 Å². The van der Waals surface area contributed by atoms with Gasteiger partial charge in [-0.15, -0.1) is 24.0 Å². The van der Waals surface area contributed by atoms with Crippen LogP contribution in [0.15, 0.2) is 34.2 Å². The van der Waals surface area contributed by atoms with Crippen molar-refractivity contribution in [2.24, 2.45) is 10.9 Å². The predicted octanol–water partition coefficient (Wildman–Crippen LogP) is 2.94. The first kappa shape index (κ1) is 25.9. The first-order valence-corrected chi connectivity index (χ1v) is 12.9. The van der Waals surface area contributed by atoms with Gasteiger partial charge in [-0.1, -0.05) is 31.4 Å². The van der Waals surface area contributed by atoms with Crippen LogP contribution in [0.4, 0.5) is 0 Å². The van der Waals surface area contributed by atoms with Gasteiger partial charge in [0.05, 0.1) is 11.4 Å². The summed E-state index contributed by atoms with van der Waals surface area (Å²) in [6.45, 7) is 4.75. The first-order valence-electron chi connectivity index (χ1n) is 11.0. The number of hydrogen-bond donors (Lipinski definition) is 2. The van der Waals surface area contributed by atoms with Gasteiger partial charge in [0.25, 0.3) is 0 Å². The van der Waals surface area contributed by atoms with Crippen LogP contribution in [0.25, 0.3) is 0 Å². The average molecular weight is 563 g/mol. The Labute approximate surface area is 203 Å². The average Bonchev–Trinajstić information content (AvgIpc) is 3.20. The number of hydrogen-bond acceptors (Lipinski definition) is 4. The van der Waals surface area contributed by atoms with Crippen LogP contribution in [0.1, 0.15) is 51.0 Å². The number of guanidine groups is 1. The van der Waals surface area contributed by atoms with Crippen molar-refractivity contribution in [1.29, 1.82) is 0 Å². The van der Waals surface area contributed by atoms with Gasteiger partial charge in [-0.3, -0.25) is 4.79 Å². The molecule has 1 aromatic rings. The Hall–Kier alpha value is -1.36. The van der Waals surface area contributed by atoms with E-state index in [1.165, 1.54) is 25.5 Å². The molecule has 1 atom stereocenters. The molecule has 0 radical (unpaired) electrons. The van der Waals surface area contributed by atoms with Gasteiger partial charge in [-0.05, 0) is 43.9 Å². The second-order valence-corrected chi connectivity index (χ2v) is 10.4. The van der Waals surface area contributed by atoms with E-state index in [1.54, 1.807) is 24.3 Å². The number of carbonyl (C=O) groups excluding carboxylic acids is 1. The van der Waals surface area contributed by atoms with Crippen LogP contribution in [-0.4, -0.2) is 57.1 Å². The normalized spacial score (nSPS) is 20.3. The van der Waals surface area contributed by atoms with Crippen molar-refractivity contribution in [2.45, 2.75) is 62.9 Å². The number of nitrogens with zero attached hydrogens (tertiary/aromatic N) is 2. The van der Waals surface area contributed by atoms with Crippen LogP contribution >= 0.6 is 24.0 Å². The van der Waals surface area contributed by atoms with E-state index < -0.39 is 9.84 Å². The number of nitrogens with one attached hydrogen (secondary N) is 2. The Kier molecular flexibility index (Phi) is 10.1. The fourth-order valence-corrected chi connectivity index (χ4v) is 4.84. The highest BCUT2D eigenvalue weighted by Crippen LogP contribution is 2.26. The molecule has 2 aliphatic rings. The van der Waals surface area contributed by atoms with Crippen LogP contribution in [0.5, 0.6) is 0 Å². The fourth-order valence-electron chi connectivity index (χ4n) is 4.21. The van der Waals surface area contributed by atoms with E-state index in [0.717, 1.165) is 50.4 Å². The second kappa shape index (κ2) is 12.0. The summed E-state index contributed by atoms with van der Waals surface area (Å²) in [6.07, 6.45) is 7.81. The molecule has 1 heterocycles. The Morgan fingerprint density at radius 1 is 1.13 bits per heavy atom. The predicted molar refractivity (Wildman–Crippen MR) is 134 cm³/mol. The summed E-state index contributed by atoms with van der Waals surface area (Å²) in [5.74, 6) is 1.27. The van der Waals surface area contributed by atoms with E-state index in [4.69, 9.17) is 0 Å². The molecule has 3 rings (SSSR count). The standard InChI is InChI=1S/C22H34N4O3S.HI/c1-3-23-22(24-15-17-9-11-20(12-10-17)30(2,28)29)25-19-13-14-26(16-19)21(27)18-7-5-4-6-8-18;/h9-12,18-19H,3-8,13-16H2,1-2H3,(H2,23,24,25);1H. The first-order chi connectivity index (χ1) is 14.4. The smallest absolute Gasteiger partial charge is 0.225 e. The van der Waals surface area contributed by atoms with E-state index in [-0.39, 0.29) is 35.9 Å². The molecule has 0 bridgehead atoms. The van der Waals surface area contributed by atoms with Gasteiger partial charge in [-0.25, -0.2) is 13.4 Å². The number of amides is 1. The van der Waals surface area contributed by atoms with Crippen molar-refractivity contribution >= 4 is 45.7 Å². The van der Waals surface area contributed by atoms with Gasteiger partial charge in [0.15, 0.2) is 15.8 Å². The lowest BCUT2D eigenvalue weighted by Crippen LogP contribution is -2.45. The summed E-state index contributed by atoms with van der Waals surface area (Å²) in [5, 5.41) is 6.72. The zero-order valence-electron chi connectivity index (χ0n) is 18.5. The van der Waals surface area contributed by atoms with Crippen LogP contribution in [0, 0.1) is 5.92 Å². The molecule has 1 saturated carbocycles. The zero-order chi connectivity index (χ0) is 21.6. The molecule has 1 unspecified atom stereocenters. The molecule has 1 amide bonds. The van der Waals surface area contributed by atoms with E-state index in [0.29, 0.717) is 17.3 Å². The molecule has 174 valence electrons. The lowest BCUT2D eigenvalue weighted by molar-refractivity contribution is -0.135. The van der Waals surface area contributed by atoms with Crippen molar-refractivity contribution in [3.63, 3.8) is 0 Å². The molecule has 0 spiro atoms. The number of benzene rings is 1. The monoisotopic (exact) mass is 562 g/mol. The molecule has 2 fully saturated rings. The molecule has 2 N–H and O–H groups in total. The summed E-state index contributed by atoms with van der Waals surface area (Å²) >= 11 is 0. The Morgan fingerprint density at radius 2 is 1.81 bits per heavy atom. The Bertz CT molecular complexity index is 852. The van der Waals surface area contributed by atoms with Gasteiger partial charge >= 0.3 is 0 Å². The number of likely N-dealkylation sites (tertiary alicyclic amines) is 1. The van der Waals surface area contributed by atoms with Crippen LogP contribution in [-0.2, 0) is 21.2 Å². The SMILES string of the molecule is CCNC(=NCc1ccc(S(C)(=O)=O)cc1)NC1CCN(C(=O)C2CCCCC2)C1.I. The number of aliphatic imine (C=N–C) groups is 1. The maximum atomic E-state index is 12.8. The summed E-state index contributed by atoms with van der Waals surface area (Å²) < 4.78 is 23.2. The van der Waals surface area contributed by atoms with Crippen molar-refractivity contribution in [2.75, 3.05) is 25.9 Å². The number of carbonyl (C=O) groups is 1. The third-order valence-corrected chi connectivity index (χ3v) is 7.04. The quantitative estimate of drug-likeness (QED) is 0.316. The zero-order valence-corrected chi connectivity index (χ0v) is 21.6. The van der Waals surface area contributed by atoms with Gasteiger partial charge in [0.1, 0.15) is 0 Å². The number of rotatable bonds is 6. The molecule has 1 aromatic carbocycles. The molecule has 31 heavy (non-hydrogen) atoms. The highest BCUT2D eigenvalue weighted by atomic mass is 127. The molecule has 1 aliphatic carbocycles. The molecular weight excluding hydrogens is 527 g/mol. The van der Waals surface area contributed by atoms with E-state index in [1.807, 2.05) is 11.8 Å². The largest absolute Gasteiger partial charge is 0.357 e. The Morgan fingerprint density at radius 3 is 2.42 bits per heavy atom. The number of sulfone groups is 1. The van der Waals surface area contributed by atoms with E-state index in [9.17, 15) is 13.2 Å². The third kappa shape index (κ3) is 7.62. The molecule has 7 nitrogen and oxygen atoms in total. The highest BCUT2D eigenvalue weighted by Gasteiger charge is 2.31. The second-order valence-electron chi connectivity index (χ2n) is 8.36. The molecule has 1 saturated heterocycles. The van der Waals surface area contributed by atoms with Crippen molar-refractivity contribution in [3.05, 3.63) is 29.8 Å². The summed E-state index contributed by atoms with van der Waals surface area (Å²) in [7, 11) is -3.19. The van der Waals surface area contributed by atoms with Crippen molar-refractivity contribution < 1.29 is 13.2 Å². The minimum atomic E-state index is -3.19. The summed E-state index contributed by atoms with van der Waals surface area (Å²) in [6, 6.07) is 7.02. The van der Waals surface area contributed by atoms with Crippen LogP contribution in [0.2, 0.25) is 0 Å². The maximum Gasteiger partial charge on any atom is 0.225 e. The molecule has 1 aliphatic heterocycles. The van der Waals surface area contributed by atoms with Crippen LogP contribution < -0.4 is 10.6 Å². The summed E-state index contributed by atoms with van der Waals surface area (Å²) in [4.78, 5) is 19.7. The van der Waals surface area contributed by atoms with Crippen LogP contribution in [0.3, 0.4) is 0 Å². The molecule has 9 heteroatoms. The minimum absolute atomic E-state index is 0. The molecule has 0 aromatic heterocycles. The third-order valence-electron chi connectivity index (χ3n) is 5.91. The topological polar surface area (TPSA) is 90.9 Å². The lowest BCUT2D eigenvalue weighted by Gasteiger charge is -2.26. The van der Waals surface area contributed by atoms with E-state index in [2.05, 4.69) is 15.6 Å². The van der Waals surface area contributed by atoms with E-state index >= 15 is 0 Å². The molecular formula is C22H35IN4O3S. The van der Waals surface area contributed by atoms with Gasteiger partial charge in [0.2, 0.25) is 5.91 Å². The maximum absolute atomic E-state index is 12.8. The van der Waals surface area contributed by atoms with Crippen molar-refractivity contribution in [1.82, 2.24) is 15.5 Å². The lowest BCUT2D eigenvalue weighted by atomic mass is 9.88. The minimum Gasteiger partial charge on any atom is -0.357 e. The van der Waals surface area contributed by atoms with Gasteiger partial charge in [-0.2, -0.15) is 0 Å². The van der Waals surface area contributed by atoms with Gasteiger partial charge in [0, 0.05) is 37.8 Å². The van der Waals surface area contributed by atoms with Gasteiger partial charge < -0.3 is 15.5 Å². The number of halogens is 1. The highest BCUT2D eigenvalue weighted by molar-refractivity contribution is 14.0.